The van der Waals surface area contributed by atoms with Crippen LogP contribution in [0.4, 0.5) is 0 Å². The van der Waals surface area contributed by atoms with Crippen LogP contribution in [0.1, 0.15) is 12.6 Å². The van der Waals surface area contributed by atoms with Crippen LogP contribution < -0.4 is 0 Å². The molecule has 0 spiro atoms. The second kappa shape index (κ2) is 4.24. The van der Waals surface area contributed by atoms with Crippen LogP contribution in [0.15, 0.2) is 24.5 Å². The molecule has 0 amide bonds. The van der Waals surface area contributed by atoms with Gasteiger partial charge in [-0.3, -0.25) is 0 Å². The van der Waals surface area contributed by atoms with Gasteiger partial charge in [0, 0.05) is 12.5 Å². The van der Waals surface area contributed by atoms with Gasteiger partial charge in [-0.25, -0.2) is 4.98 Å². The first kappa shape index (κ1) is 11.5. The summed E-state index contributed by atoms with van der Waals surface area (Å²) in [6.45, 7) is -0.213. The van der Waals surface area contributed by atoms with Gasteiger partial charge in [-0.15, -0.1) is 0 Å². The van der Waals surface area contributed by atoms with Crippen LogP contribution in [0.3, 0.4) is 0 Å². The molecule has 96 valence electrons. The fourth-order valence-electron chi connectivity index (χ4n) is 2.29. The molecule has 3 rings (SSSR count). The van der Waals surface area contributed by atoms with Crippen molar-refractivity contribution in [2.24, 2.45) is 0 Å². The molecular weight excluding hydrogens is 236 g/mol. The summed E-state index contributed by atoms with van der Waals surface area (Å²) in [5.41, 5.74) is 1.49. The van der Waals surface area contributed by atoms with Crippen LogP contribution in [0.2, 0.25) is 0 Å². The number of phenols is 1. The van der Waals surface area contributed by atoms with E-state index in [-0.39, 0.29) is 18.6 Å². The molecule has 3 N–H and O–H groups in total. The van der Waals surface area contributed by atoms with E-state index in [4.69, 9.17) is 9.84 Å². The summed E-state index contributed by atoms with van der Waals surface area (Å²) in [6.07, 6.45) is 0.386. The number of nitrogens with zero attached hydrogens (tertiary/aromatic N) is 2. The summed E-state index contributed by atoms with van der Waals surface area (Å²) in [4.78, 5) is 4.21. The molecule has 0 bridgehead atoms. The molecule has 0 unspecified atom stereocenters. The Morgan fingerprint density at radius 1 is 1.44 bits per heavy atom. The fraction of sp³-hybridized carbons (Fsp3) is 0.417. The molecule has 1 aliphatic rings. The van der Waals surface area contributed by atoms with Gasteiger partial charge in [0.15, 0.2) is 0 Å². The summed E-state index contributed by atoms with van der Waals surface area (Å²) in [6, 6.07) is 4.89. The van der Waals surface area contributed by atoms with Gasteiger partial charge >= 0.3 is 0 Å². The average molecular weight is 250 g/mol. The van der Waals surface area contributed by atoms with E-state index in [0.717, 1.165) is 11.0 Å². The first-order valence-corrected chi connectivity index (χ1v) is 5.79. The molecule has 1 aromatic heterocycles. The van der Waals surface area contributed by atoms with E-state index in [1.165, 1.54) is 0 Å². The zero-order valence-electron chi connectivity index (χ0n) is 9.60. The molecule has 3 atom stereocenters. The number of imidazole rings is 1. The average Bonchev–Trinajstić information content (AvgIpc) is 2.91. The standard InChI is InChI=1S/C12H14N2O4/c15-5-11-10(17)4-12(18-11)14-6-13-8-2-1-7(16)3-9(8)14/h1-3,6,10-12,15-17H,4-5H2/t10-,11+,12+/m0/s1. The zero-order valence-corrected chi connectivity index (χ0v) is 9.60. The Morgan fingerprint density at radius 2 is 2.28 bits per heavy atom. The lowest BCUT2D eigenvalue weighted by atomic mass is 10.2. The topological polar surface area (TPSA) is 87.7 Å². The molecule has 6 nitrogen and oxygen atoms in total. The van der Waals surface area contributed by atoms with E-state index in [1.54, 1.807) is 29.1 Å². The highest BCUT2D eigenvalue weighted by Crippen LogP contribution is 2.31. The highest BCUT2D eigenvalue weighted by Gasteiger charge is 2.34. The monoisotopic (exact) mass is 250 g/mol. The van der Waals surface area contributed by atoms with Gasteiger partial charge in [0.05, 0.1) is 30.1 Å². The number of aromatic hydroxyl groups is 1. The Labute approximate surface area is 103 Å². The number of aliphatic hydroxyl groups excluding tert-OH is 2. The number of ether oxygens (including phenoxy) is 1. The smallest absolute Gasteiger partial charge is 0.138 e. The van der Waals surface area contributed by atoms with Gasteiger partial charge in [0.25, 0.3) is 0 Å². The SMILES string of the molecule is OC[C@H]1O[C@@H](n2cnc3ccc(O)cc32)C[C@@H]1O. The number of phenolic OH excluding ortho intramolecular Hbond substituents is 1. The summed E-state index contributed by atoms with van der Waals surface area (Å²) >= 11 is 0. The van der Waals surface area contributed by atoms with Gasteiger partial charge in [0.2, 0.25) is 0 Å². The number of rotatable bonds is 2. The van der Waals surface area contributed by atoms with Crippen molar-refractivity contribution in [3.8, 4) is 5.75 Å². The lowest BCUT2D eigenvalue weighted by molar-refractivity contribution is -0.0430. The third-order valence-electron chi connectivity index (χ3n) is 3.25. The van der Waals surface area contributed by atoms with Gasteiger partial charge in [-0.2, -0.15) is 0 Å². The largest absolute Gasteiger partial charge is 0.508 e. The normalized spacial score (nSPS) is 28.0. The Kier molecular flexibility index (Phi) is 2.70. The molecule has 2 heterocycles. The maximum atomic E-state index is 9.72. The molecule has 6 heteroatoms. The van der Waals surface area contributed by atoms with E-state index in [9.17, 15) is 10.2 Å². The lowest BCUT2D eigenvalue weighted by Gasteiger charge is -2.14. The molecule has 18 heavy (non-hydrogen) atoms. The third kappa shape index (κ3) is 1.74. The van der Waals surface area contributed by atoms with Gasteiger partial charge in [0.1, 0.15) is 18.1 Å². The summed E-state index contributed by atoms with van der Waals surface area (Å²) in [5, 5.41) is 28.3. The van der Waals surface area contributed by atoms with E-state index < -0.39 is 12.2 Å². The van der Waals surface area contributed by atoms with E-state index in [2.05, 4.69) is 4.98 Å². The van der Waals surface area contributed by atoms with Crippen LogP contribution in [0.25, 0.3) is 11.0 Å². The Bertz CT molecular complexity index is 568. The number of benzene rings is 1. The zero-order chi connectivity index (χ0) is 12.7. The van der Waals surface area contributed by atoms with Crippen molar-refractivity contribution >= 4 is 11.0 Å². The maximum Gasteiger partial charge on any atom is 0.138 e. The summed E-state index contributed by atoms with van der Waals surface area (Å²) < 4.78 is 7.31. The molecular formula is C12H14N2O4. The molecule has 0 saturated carbocycles. The third-order valence-corrected chi connectivity index (χ3v) is 3.25. The molecule has 0 aliphatic carbocycles. The molecule has 1 saturated heterocycles. The van der Waals surface area contributed by atoms with Crippen LogP contribution in [-0.2, 0) is 4.74 Å². The van der Waals surface area contributed by atoms with E-state index >= 15 is 0 Å². The minimum atomic E-state index is -0.685. The number of aliphatic hydroxyl groups is 2. The van der Waals surface area contributed by atoms with E-state index in [0.29, 0.717) is 6.42 Å². The van der Waals surface area contributed by atoms with Gasteiger partial charge in [-0.05, 0) is 12.1 Å². The van der Waals surface area contributed by atoms with Crippen LogP contribution in [0, 0.1) is 0 Å². The van der Waals surface area contributed by atoms with Crippen molar-refractivity contribution in [3.63, 3.8) is 0 Å². The Morgan fingerprint density at radius 3 is 3.00 bits per heavy atom. The van der Waals surface area contributed by atoms with Crippen molar-refractivity contribution in [3.05, 3.63) is 24.5 Å². The van der Waals surface area contributed by atoms with Gasteiger partial charge < -0.3 is 24.6 Å². The number of fused-ring (bicyclic) bond motifs is 1. The number of hydrogen-bond acceptors (Lipinski definition) is 5. The number of hydrogen-bond donors (Lipinski definition) is 3. The first-order valence-electron chi connectivity index (χ1n) is 5.79. The predicted octanol–water partition coefficient (Wildman–Crippen LogP) is 0.383. The van der Waals surface area contributed by atoms with Crippen molar-refractivity contribution < 1.29 is 20.1 Å². The van der Waals surface area contributed by atoms with Crippen LogP contribution in [-0.4, -0.2) is 43.7 Å². The summed E-state index contributed by atoms with van der Waals surface area (Å²) in [7, 11) is 0. The molecule has 1 aliphatic heterocycles. The predicted molar refractivity (Wildman–Crippen MR) is 63.0 cm³/mol. The minimum absolute atomic E-state index is 0.154. The maximum absolute atomic E-state index is 9.72. The molecule has 0 radical (unpaired) electrons. The quantitative estimate of drug-likeness (QED) is 0.717. The van der Waals surface area contributed by atoms with Crippen molar-refractivity contribution in [2.75, 3.05) is 6.61 Å². The molecule has 2 aromatic rings. The second-order valence-electron chi connectivity index (χ2n) is 4.44. The van der Waals surface area contributed by atoms with Crippen LogP contribution >= 0.6 is 0 Å². The summed E-state index contributed by atoms with van der Waals surface area (Å²) in [5.74, 6) is 0.154. The first-order chi connectivity index (χ1) is 8.69. The number of aromatic nitrogens is 2. The van der Waals surface area contributed by atoms with Crippen molar-refractivity contribution in [1.29, 1.82) is 0 Å². The molecule has 1 fully saturated rings. The van der Waals surface area contributed by atoms with Crippen molar-refractivity contribution in [1.82, 2.24) is 9.55 Å². The molecule has 1 aromatic carbocycles. The van der Waals surface area contributed by atoms with Crippen molar-refractivity contribution in [2.45, 2.75) is 24.9 Å². The van der Waals surface area contributed by atoms with Crippen LogP contribution in [0.5, 0.6) is 5.75 Å². The highest BCUT2D eigenvalue weighted by atomic mass is 16.5. The second-order valence-corrected chi connectivity index (χ2v) is 4.44. The Balaban J connectivity index is 1.98. The highest BCUT2D eigenvalue weighted by molar-refractivity contribution is 5.77. The lowest BCUT2D eigenvalue weighted by Crippen LogP contribution is -2.24. The van der Waals surface area contributed by atoms with Gasteiger partial charge in [-0.1, -0.05) is 0 Å². The Hall–Kier alpha value is -1.63. The minimum Gasteiger partial charge on any atom is -0.508 e. The van der Waals surface area contributed by atoms with E-state index in [1.807, 2.05) is 0 Å². The fourth-order valence-corrected chi connectivity index (χ4v) is 2.29.